The number of aliphatic hydroxyl groups is 1. The van der Waals surface area contributed by atoms with E-state index in [0.717, 1.165) is 11.1 Å². The summed E-state index contributed by atoms with van der Waals surface area (Å²) in [4.78, 5) is 16.5. The van der Waals surface area contributed by atoms with Crippen LogP contribution in [0.15, 0.2) is 60.8 Å². The number of halogens is 1. The van der Waals surface area contributed by atoms with E-state index in [0.29, 0.717) is 30.0 Å². The van der Waals surface area contributed by atoms with Crippen molar-refractivity contribution in [3.05, 3.63) is 82.5 Å². The number of nitrogen functional groups attached to an aromatic ring is 1. The maximum Gasteiger partial charge on any atom is 0.228 e. The topological polar surface area (TPSA) is 120 Å². The summed E-state index contributed by atoms with van der Waals surface area (Å²) in [6, 6.07) is 15.7. The summed E-state index contributed by atoms with van der Waals surface area (Å²) in [5.74, 6) is 0.260. The lowest BCUT2D eigenvalue weighted by Crippen LogP contribution is -2.43. The zero-order valence-electron chi connectivity index (χ0n) is 18.7. The molecule has 0 aliphatic carbocycles. The van der Waals surface area contributed by atoms with Gasteiger partial charge in [0.1, 0.15) is 11.6 Å². The molecule has 0 radical (unpaired) electrons. The van der Waals surface area contributed by atoms with Gasteiger partial charge in [-0.1, -0.05) is 41.9 Å². The Labute approximate surface area is 198 Å². The second-order valence-corrected chi connectivity index (χ2v) is 9.09. The molecule has 0 aliphatic rings. The van der Waals surface area contributed by atoms with Gasteiger partial charge in [0.05, 0.1) is 23.2 Å². The minimum Gasteiger partial charge on any atom is -0.508 e. The molecule has 6 N–H and O–H groups in total. The lowest BCUT2D eigenvalue weighted by atomic mass is 9.93. The standard InChI is InChI=1S/C25H29ClN4O3/c1-25(2,29-15-22(32)18-6-9-23(27)28-14-18)13-17-5-3-4-16(10-17)11-24(33)30-21-8-7-19(31)12-20(21)26/h3-10,12,14,22,29,31-32H,11,13,15H2,1-2H3,(H2,27,28)(H,30,33)/t22-/m0/s1. The van der Waals surface area contributed by atoms with Gasteiger partial charge in [0.25, 0.3) is 0 Å². The fourth-order valence-corrected chi connectivity index (χ4v) is 3.73. The third-order valence-corrected chi connectivity index (χ3v) is 5.51. The zero-order valence-corrected chi connectivity index (χ0v) is 19.4. The molecule has 0 fully saturated rings. The molecule has 1 heterocycles. The number of aliphatic hydroxyl groups excluding tert-OH is 1. The van der Waals surface area contributed by atoms with Crippen molar-refractivity contribution >= 4 is 29.0 Å². The van der Waals surface area contributed by atoms with Crippen LogP contribution in [-0.2, 0) is 17.6 Å². The molecule has 1 aromatic heterocycles. The number of phenols is 1. The van der Waals surface area contributed by atoms with Gasteiger partial charge in [0.2, 0.25) is 5.91 Å². The molecule has 2 aromatic carbocycles. The Morgan fingerprint density at radius 2 is 1.91 bits per heavy atom. The second-order valence-electron chi connectivity index (χ2n) is 8.68. The van der Waals surface area contributed by atoms with Crippen molar-refractivity contribution in [2.45, 2.75) is 38.3 Å². The van der Waals surface area contributed by atoms with E-state index >= 15 is 0 Å². The molecule has 1 amide bonds. The number of nitrogens with one attached hydrogen (secondary N) is 2. The maximum atomic E-state index is 12.5. The van der Waals surface area contributed by atoms with Crippen molar-refractivity contribution < 1.29 is 15.0 Å². The predicted molar refractivity (Wildman–Crippen MR) is 131 cm³/mol. The Morgan fingerprint density at radius 1 is 1.15 bits per heavy atom. The summed E-state index contributed by atoms with van der Waals surface area (Å²) in [6.07, 6.45) is 1.79. The highest BCUT2D eigenvalue weighted by molar-refractivity contribution is 6.33. The van der Waals surface area contributed by atoms with E-state index < -0.39 is 6.10 Å². The van der Waals surface area contributed by atoms with Crippen molar-refractivity contribution in [3.63, 3.8) is 0 Å². The number of anilines is 2. The third-order valence-electron chi connectivity index (χ3n) is 5.20. The van der Waals surface area contributed by atoms with E-state index in [9.17, 15) is 15.0 Å². The van der Waals surface area contributed by atoms with E-state index in [1.54, 1.807) is 24.4 Å². The maximum absolute atomic E-state index is 12.5. The predicted octanol–water partition coefficient (Wildman–Crippen LogP) is 3.85. The highest BCUT2D eigenvalue weighted by Gasteiger charge is 2.20. The number of hydrogen-bond acceptors (Lipinski definition) is 6. The lowest BCUT2D eigenvalue weighted by molar-refractivity contribution is -0.115. The zero-order chi connectivity index (χ0) is 24.0. The molecule has 0 bridgehead atoms. The molecule has 1 atom stereocenters. The van der Waals surface area contributed by atoms with Gasteiger partial charge in [-0.15, -0.1) is 0 Å². The highest BCUT2D eigenvalue weighted by atomic mass is 35.5. The smallest absolute Gasteiger partial charge is 0.228 e. The molecule has 33 heavy (non-hydrogen) atoms. The molecule has 0 unspecified atom stereocenters. The van der Waals surface area contributed by atoms with Crippen molar-refractivity contribution in [2.75, 3.05) is 17.6 Å². The quantitative estimate of drug-likeness (QED) is 0.304. The summed E-state index contributed by atoms with van der Waals surface area (Å²) >= 11 is 6.06. The summed E-state index contributed by atoms with van der Waals surface area (Å²) in [5.41, 5.74) is 8.42. The fourth-order valence-electron chi connectivity index (χ4n) is 3.51. The van der Waals surface area contributed by atoms with Crippen LogP contribution in [0.4, 0.5) is 11.5 Å². The average Bonchev–Trinajstić information content (AvgIpc) is 2.74. The number of nitrogens with zero attached hydrogens (tertiary/aromatic N) is 1. The molecule has 0 spiro atoms. The average molecular weight is 469 g/mol. The van der Waals surface area contributed by atoms with Crippen LogP contribution in [0.1, 0.15) is 36.6 Å². The first-order chi connectivity index (χ1) is 15.6. The van der Waals surface area contributed by atoms with E-state index in [1.807, 2.05) is 24.3 Å². The number of phenolic OH excluding ortho intramolecular Hbond substituents is 1. The number of carbonyl (C=O) groups is 1. The number of carbonyl (C=O) groups excluding carboxylic acids is 1. The number of rotatable bonds is 9. The monoisotopic (exact) mass is 468 g/mol. The van der Waals surface area contributed by atoms with Crippen LogP contribution in [0.25, 0.3) is 0 Å². The summed E-state index contributed by atoms with van der Waals surface area (Å²) in [7, 11) is 0. The number of aromatic nitrogens is 1. The molecule has 0 saturated heterocycles. The van der Waals surface area contributed by atoms with Crippen LogP contribution in [0.2, 0.25) is 5.02 Å². The van der Waals surface area contributed by atoms with Gasteiger partial charge in [-0.05, 0) is 49.6 Å². The molecule has 3 rings (SSSR count). The van der Waals surface area contributed by atoms with Crippen molar-refractivity contribution in [3.8, 4) is 5.75 Å². The molecule has 3 aromatic rings. The van der Waals surface area contributed by atoms with Gasteiger partial charge in [-0.25, -0.2) is 4.98 Å². The number of pyridine rings is 1. The molecule has 0 aliphatic heterocycles. The van der Waals surface area contributed by atoms with Crippen LogP contribution < -0.4 is 16.4 Å². The summed E-state index contributed by atoms with van der Waals surface area (Å²) in [6.45, 7) is 4.49. The first-order valence-electron chi connectivity index (χ1n) is 10.6. The molecule has 8 heteroatoms. The normalized spacial score (nSPS) is 12.4. The third kappa shape index (κ3) is 7.46. The Kier molecular flexibility index (Phi) is 7.92. The number of aromatic hydroxyl groups is 1. The molecular weight excluding hydrogens is 440 g/mol. The van der Waals surface area contributed by atoms with Crippen LogP contribution in [-0.4, -0.2) is 33.2 Å². The number of benzene rings is 2. The summed E-state index contributed by atoms with van der Waals surface area (Å²) < 4.78 is 0. The van der Waals surface area contributed by atoms with Crippen LogP contribution in [0.5, 0.6) is 5.75 Å². The van der Waals surface area contributed by atoms with Gasteiger partial charge in [-0.3, -0.25) is 4.79 Å². The molecule has 174 valence electrons. The minimum atomic E-state index is -0.695. The Morgan fingerprint density at radius 3 is 2.61 bits per heavy atom. The Balaban J connectivity index is 1.56. The van der Waals surface area contributed by atoms with Crippen molar-refractivity contribution in [2.24, 2.45) is 0 Å². The van der Waals surface area contributed by atoms with Gasteiger partial charge in [0.15, 0.2) is 0 Å². The van der Waals surface area contributed by atoms with E-state index in [2.05, 4.69) is 29.5 Å². The number of hydrogen-bond donors (Lipinski definition) is 5. The molecule has 0 saturated carbocycles. The Hall–Kier alpha value is -3.13. The van der Waals surface area contributed by atoms with Gasteiger partial charge < -0.3 is 26.6 Å². The number of amides is 1. The van der Waals surface area contributed by atoms with Crippen molar-refractivity contribution in [1.29, 1.82) is 0 Å². The molecular formula is C25H29ClN4O3. The summed E-state index contributed by atoms with van der Waals surface area (Å²) in [5, 5.41) is 26.3. The number of nitrogens with two attached hydrogens (primary N) is 1. The van der Waals surface area contributed by atoms with Crippen LogP contribution in [0.3, 0.4) is 0 Å². The SMILES string of the molecule is CC(C)(Cc1cccc(CC(=O)Nc2ccc(O)cc2Cl)c1)NC[C@H](O)c1ccc(N)nc1. The van der Waals surface area contributed by atoms with Gasteiger partial charge in [-0.2, -0.15) is 0 Å². The fraction of sp³-hybridized carbons (Fsp3) is 0.280. The lowest BCUT2D eigenvalue weighted by Gasteiger charge is -2.28. The van der Waals surface area contributed by atoms with Gasteiger partial charge in [0, 0.05) is 29.9 Å². The van der Waals surface area contributed by atoms with E-state index in [4.69, 9.17) is 17.3 Å². The van der Waals surface area contributed by atoms with Crippen LogP contribution >= 0.6 is 11.6 Å². The highest BCUT2D eigenvalue weighted by Crippen LogP contribution is 2.26. The van der Waals surface area contributed by atoms with E-state index in [1.165, 1.54) is 12.1 Å². The van der Waals surface area contributed by atoms with Crippen molar-refractivity contribution in [1.82, 2.24) is 10.3 Å². The van der Waals surface area contributed by atoms with Gasteiger partial charge >= 0.3 is 0 Å². The first kappa shape index (κ1) is 24.5. The van der Waals surface area contributed by atoms with Crippen LogP contribution in [0, 0.1) is 0 Å². The second kappa shape index (κ2) is 10.7. The molecule has 7 nitrogen and oxygen atoms in total. The first-order valence-corrected chi connectivity index (χ1v) is 11.0. The Bertz CT molecular complexity index is 1100. The van der Waals surface area contributed by atoms with E-state index in [-0.39, 0.29) is 28.6 Å². The number of β-amino-alcohol motifs (C(OH)–C–C–N with tert-alkyl or cyclic N) is 1. The largest absolute Gasteiger partial charge is 0.508 e. The minimum absolute atomic E-state index is 0.0413.